The van der Waals surface area contributed by atoms with Gasteiger partial charge in [0, 0.05) is 23.6 Å². The van der Waals surface area contributed by atoms with Crippen LogP contribution in [0.4, 0.5) is 0 Å². The van der Waals surface area contributed by atoms with Gasteiger partial charge in [-0.3, -0.25) is 9.69 Å². The van der Waals surface area contributed by atoms with Crippen LogP contribution in [0.1, 0.15) is 66.4 Å². The van der Waals surface area contributed by atoms with Gasteiger partial charge in [0.2, 0.25) is 5.91 Å². The molecule has 3 aliphatic carbocycles. The Bertz CT molecular complexity index is 729. The van der Waals surface area contributed by atoms with E-state index in [9.17, 15) is 9.90 Å². The molecule has 3 atom stereocenters. The number of nitrogens with zero attached hydrogens (tertiary/aromatic N) is 1. The largest absolute Gasteiger partial charge is 0.387 e. The smallest absolute Gasteiger partial charge is 0.248 e. The van der Waals surface area contributed by atoms with E-state index < -0.39 is 5.60 Å². The van der Waals surface area contributed by atoms with Crippen molar-refractivity contribution in [2.24, 2.45) is 11.7 Å². The molecule has 1 aliphatic heterocycles. The second-order valence-electron chi connectivity index (χ2n) is 8.86. The zero-order valence-corrected chi connectivity index (χ0v) is 14.8. The number of likely N-dealkylation sites (tertiary alicyclic amines) is 1. The molecule has 0 spiro atoms. The molecule has 0 aromatic heterocycles. The van der Waals surface area contributed by atoms with Crippen molar-refractivity contribution in [1.82, 2.24) is 4.90 Å². The molecule has 0 radical (unpaired) electrons. The van der Waals surface area contributed by atoms with Crippen LogP contribution in [0.25, 0.3) is 0 Å². The first kappa shape index (κ1) is 15.8. The van der Waals surface area contributed by atoms with Crippen LogP contribution in [0.3, 0.4) is 0 Å². The second kappa shape index (κ2) is 5.31. The molecule has 1 aromatic carbocycles. The number of primary amides is 1. The van der Waals surface area contributed by atoms with Gasteiger partial charge in [0.05, 0.1) is 5.60 Å². The van der Waals surface area contributed by atoms with Crippen molar-refractivity contribution in [1.29, 1.82) is 0 Å². The molecule has 2 saturated carbocycles. The topological polar surface area (TPSA) is 66.6 Å². The maximum Gasteiger partial charge on any atom is 0.248 e. The van der Waals surface area contributed by atoms with Gasteiger partial charge in [-0.25, -0.2) is 0 Å². The number of piperidine rings is 1. The molecular formula is C21H28N2O2. The van der Waals surface area contributed by atoms with Crippen LogP contribution in [0.15, 0.2) is 18.2 Å². The van der Waals surface area contributed by atoms with E-state index in [0.717, 1.165) is 57.5 Å². The molecule has 4 nitrogen and oxygen atoms in total. The highest BCUT2D eigenvalue weighted by Gasteiger charge is 2.63. The maximum atomic E-state index is 12.0. The number of hydrogen-bond donors (Lipinski definition) is 2. The van der Waals surface area contributed by atoms with E-state index >= 15 is 0 Å². The third-order valence-electron chi connectivity index (χ3n) is 7.57. The van der Waals surface area contributed by atoms with Crippen LogP contribution in [-0.2, 0) is 11.8 Å². The van der Waals surface area contributed by atoms with Crippen molar-refractivity contribution in [3.8, 4) is 0 Å². The molecule has 4 heteroatoms. The summed E-state index contributed by atoms with van der Waals surface area (Å²) in [5, 5.41) is 12.0. The summed E-state index contributed by atoms with van der Waals surface area (Å²) in [5.74, 6) is 0.477. The number of fused-ring (bicyclic) bond motifs is 1. The van der Waals surface area contributed by atoms with Crippen molar-refractivity contribution >= 4 is 5.91 Å². The van der Waals surface area contributed by atoms with Crippen LogP contribution in [0, 0.1) is 5.92 Å². The van der Waals surface area contributed by atoms with Crippen LogP contribution in [-0.4, -0.2) is 40.6 Å². The molecule has 3 fully saturated rings. The van der Waals surface area contributed by atoms with Gasteiger partial charge in [-0.05, 0) is 74.2 Å². The van der Waals surface area contributed by atoms with Crippen molar-refractivity contribution < 1.29 is 9.90 Å². The average Bonchev–Trinajstić information content (AvgIpc) is 3.40. The molecule has 2 bridgehead atoms. The van der Waals surface area contributed by atoms with Crippen molar-refractivity contribution in [3.05, 3.63) is 34.9 Å². The summed E-state index contributed by atoms with van der Waals surface area (Å²) < 4.78 is 0. The SMILES string of the molecule is NC(=O)c1ccc2c(c1)C13CCCCC1(O)C(C2)N(CC1CC1)CC3. The number of rotatable bonds is 3. The van der Waals surface area contributed by atoms with E-state index in [1.54, 1.807) is 0 Å². The van der Waals surface area contributed by atoms with E-state index in [1.165, 1.54) is 24.0 Å². The molecular weight excluding hydrogens is 312 g/mol. The number of carbonyl (C=O) groups excluding carboxylic acids is 1. The first-order valence-electron chi connectivity index (χ1n) is 9.93. The van der Waals surface area contributed by atoms with Gasteiger partial charge in [0.15, 0.2) is 0 Å². The van der Waals surface area contributed by atoms with Gasteiger partial charge >= 0.3 is 0 Å². The fourth-order valence-electron chi connectivity index (χ4n) is 6.11. The molecule has 5 rings (SSSR count). The van der Waals surface area contributed by atoms with Gasteiger partial charge in [0.1, 0.15) is 0 Å². The summed E-state index contributed by atoms with van der Waals surface area (Å²) in [6, 6.07) is 6.19. The number of benzene rings is 1. The zero-order valence-electron chi connectivity index (χ0n) is 14.8. The Morgan fingerprint density at radius 3 is 2.80 bits per heavy atom. The Balaban J connectivity index is 1.63. The lowest BCUT2D eigenvalue weighted by Gasteiger charge is -2.64. The summed E-state index contributed by atoms with van der Waals surface area (Å²) in [4.78, 5) is 14.3. The highest BCUT2D eigenvalue weighted by molar-refractivity contribution is 5.93. The molecule has 3 unspecified atom stereocenters. The van der Waals surface area contributed by atoms with E-state index in [4.69, 9.17) is 5.73 Å². The molecule has 1 heterocycles. The summed E-state index contributed by atoms with van der Waals surface area (Å²) in [6.07, 6.45) is 8.80. The standard InChI is InChI=1S/C21H28N2O2/c22-19(24)16-6-5-15-12-18-21(25)8-2-1-7-20(21,17(15)11-16)9-10-23(18)13-14-3-4-14/h5-6,11,14,18,25H,1-4,7-10,12-13H2,(H2,22,24). The van der Waals surface area contributed by atoms with Crippen LogP contribution >= 0.6 is 0 Å². The summed E-state index contributed by atoms with van der Waals surface area (Å²) in [6.45, 7) is 2.22. The van der Waals surface area contributed by atoms with Gasteiger partial charge in [-0.1, -0.05) is 18.9 Å². The van der Waals surface area contributed by atoms with Gasteiger partial charge in [-0.15, -0.1) is 0 Å². The van der Waals surface area contributed by atoms with Crippen molar-refractivity contribution in [3.63, 3.8) is 0 Å². The number of nitrogens with two attached hydrogens (primary N) is 1. The first-order chi connectivity index (χ1) is 12.0. The van der Waals surface area contributed by atoms with Crippen LogP contribution < -0.4 is 5.73 Å². The van der Waals surface area contributed by atoms with Crippen molar-refractivity contribution in [2.75, 3.05) is 13.1 Å². The van der Waals surface area contributed by atoms with Gasteiger partial charge in [-0.2, -0.15) is 0 Å². The lowest BCUT2D eigenvalue weighted by Crippen LogP contribution is -2.72. The van der Waals surface area contributed by atoms with E-state index in [2.05, 4.69) is 11.0 Å². The fourth-order valence-corrected chi connectivity index (χ4v) is 6.11. The number of hydrogen-bond acceptors (Lipinski definition) is 3. The quantitative estimate of drug-likeness (QED) is 0.888. The Morgan fingerprint density at radius 1 is 1.24 bits per heavy atom. The molecule has 1 saturated heterocycles. The maximum absolute atomic E-state index is 12.0. The van der Waals surface area contributed by atoms with E-state index in [-0.39, 0.29) is 17.4 Å². The number of amides is 1. The molecule has 3 N–H and O–H groups in total. The minimum atomic E-state index is -0.651. The Labute approximate surface area is 149 Å². The highest BCUT2D eigenvalue weighted by Crippen LogP contribution is 2.58. The fraction of sp³-hybridized carbons (Fsp3) is 0.667. The van der Waals surface area contributed by atoms with E-state index in [0.29, 0.717) is 5.56 Å². The molecule has 4 aliphatic rings. The third-order valence-corrected chi connectivity index (χ3v) is 7.57. The average molecular weight is 340 g/mol. The summed E-state index contributed by atoms with van der Waals surface area (Å²) in [7, 11) is 0. The Kier molecular flexibility index (Phi) is 3.36. The van der Waals surface area contributed by atoms with Gasteiger partial charge < -0.3 is 10.8 Å². The lowest BCUT2D eigenvalue weighted by atomic mass is 9.49. The Morgan fingerprint density at radius 2 is 2.04 bits per heavy atom. The molecule has 1 amide bonds. The predicted molar refractivity (Wildman–Crippen MR) is 96.5 cm³/mol. The summed E-state index contributed by atoms with van der Waals surface area (Å²) in [5.41, 5.74) is 7.83. The highest BCUT2D eigenvalue weighted by atomic mass is 16.3. The minimum absolute atomic E-state index is 0.186. The number of carbonyl (C=O) groups is 1. The minimum Gasteiger partial charge on any atom is -0.387 e. The van der Waals surface area contributed by atoms with Crippen LogP contribution in [0.2, 0.25) is 0 Å². The second-order valence-corrected chi connectivity index (χ2v) is 8.86. The normalized spacial score (nSPS) is 37.2. The number of aliphatic hydroxyl groups is 1. The van der Waals surface area contributed by atoms with E-state index in [1.807, 2.05) is 12.1 Å². The first-order valence-corrected chi connectivity index (χ1v) is 9.93. The predicted octanol–water partition coefficient (Wildman–Crippen LogP) is 2.37. The molecule has 25 heavy (non-hydrogen) atoms. The van der Waals surface area contributed by atoms with Gasteiger partial charge in [0.25, 0.3) is 0 Å². The molecule has 134 valence electrons. The third kappa shape index (κ3) is 2.16. The Hall–Kier alpha value is -1.39. The monoisotopic (exact) mass is 340 g/mol. The lowest BCUT2D eigenvalue weighted by molar-refractivity contribution is -0.166. The summed E-state index contributed by atoms with van der Waals surface area (Å²) >= 11 is 0. The van der Waals surface area contributed by atoms with Crippen molar-refractivity contribution in [2.45, 2.75) is 68.4 Å². The van der Waals surface area contributed by atoms with Crippen LogP contribution in [0.5, 0.6) is 0 Å². The zero-order chi connectivity index (χ0) is 17.2. The molecule has 1 aromatic rings.